The molecule has 0 unspecified atom stereocenters. The summed E-state index contributed by atoms with van der Waals surface area (Å²) < 4.78 is 0. The predicted octanol–water partition coefficient (Wildman–Crippen LogP) is 2.66. The van der Waals surface area contributed by atoms with Crippen molar-refractivity contribution >= 4 is 17.3 Å². The van der Waals surface area contributed by atoms with Crippen LogP contribution in [0.3, 0.4) is 0 Å². The fourth-order valence-corrected chi connectivity index (χ4v) is 2.70. The highest BCUT2D eigenvalue weighted by atomic mass is 16.2. The summed E-state index contributed by atoms with van der Waals surface area (Å²) >= 11 is 0. The molecule has 1 aromatic carbocycles. The van der Waals surface area contributed by atoms with Crippen LogP contribution >= 0.6 is 0 Å². The number of nitrogens with zero attached hydrogens (tertiary/aromatic N) is 2. The molecule has 0 saturated heterocycles. The van der Waals surface area contributed by atoms with Crippen LogP contribution in [0.15, 0.2) is 24.3 Å². The van der Waals surface area contributed by atoms with Crippen molar-refractivity contribution in [3.8, 4) is 0 Å². The predicted molar refractivity (Wildman–Crippen MR) is 74.0 cm³/mol. The molecule has 1 saturated carbocycles. The Hall–Kier alpha value is -1.51. The molecule has 1 aliphatic heterocycles. The van der Waals surface area contributed by atoms with E-state index < -0.39 is 0 Å². The first-order chi connectivity index (χ1) is 8.68. The van der Waals surface area contributed by atoms with E-state index in [9.17, 15) is 4.79 Å². The molecular formula is C15H20N2O. The highest BCUT2D eigenvalue weighted by molar-refractivity contribution is 6.00. The lowest BCUT2D eigenvalue weighted by atomic mass is 10.1. The van der Waals surface area contributed by atoms with E-state index in [0.717, 1.165) is 31.6 Å². The third kappa shape index (κ3) is 1.88. The molecule has 96 valence electrons. The van der Waals surface area contributed by atoms with Crippen LogP contribution < -0.4 is 9.80 Å². The lowest BCUT2D eigenvalue weighted by Gasteiger charge is -2.40. The van der Waals surface area contributed by atoms with Crippen LogP contribution in [-0.2, 0) is 4.79 Å². The van der Waals surface area contributed by atoms with Gasteiger partial charge in [-0.1, -0.05) is 12.1 Å². The van der Waals surface area contributed by atoms with Gasteiger partial charge in [0.25, 0.3) is 0 Å². The second-order valence-electron chi connectivity index (χ2n) is 5.54. The summed E-state index contributed by atoms with van der Waals surface area (Å²) in [6.45, 7) is 6.17. The summed E-state index contributed by atoms with van der Waals surface area (Å²) in [5.74, 6) is 0.620. The van der Waals surface area contributed by atoms with Gasteiger partial charge in [-0.05, 0) is 38.8 Å². The molecule has 1 heterocycles. The lowest BCUT2D eigenvalue weighted by molar-refractivity contribution is -0.119. The zero-order valence-corrected chi connectivity index (χ0v) is 11.1. The van der Waals surface area contributed by atoms with E-state index in [1.54, 1.807) is 0 Å². The molecule has 0 aromatic heterocycles. The van der Waals surface area contributed by atoms with Crippen molar-refractivity contribution in [3.63, 3.8) is 0 Å². The van der Waals surface area contributed by atoms with Gasteiger partial charge in [0.15, 0.2) is 0 Å². The number of fused-ring (bicyclic) bond motifs is 1. The Bertz CT molecular complexity index is 465. The summed E-state index contributed by atoms with van der Waals surface area (Å²) in [5, 5.41) is 0. The molecular weight excluding hydrogens is 224 g/mol. The van der Waals surface area contributed by atoms with Crippen molar-refractivity contribution in [2.24, 2.45) is 5.92 Å². The van der Waals surface area contributed by atoms with Gasteiger partial charge in [0.1, 0.15) is 0 Å². The second-order valence-corrected chi connectivity index (χ2v) is 5.54. The number of amides is 1. The van der Waals surface area contributed by atoms with Crippen LogP contribution in [0.25, 0.3) is 0 Å². The molecule has 0 atom stereocenters. The lowest BCUT2D eigenvalue weighted by Crippen LogP contribution is -2.47. The molecule has 18 heavy (non-hydrogen) atoms. The van der Waals surface area contributed by atoms with Gasteiger partial charge >= 0.3 is 0 Å². The monoisotopic (exact) mass is 244 g/mol. The van der Waals surface area contributed by atoms with Gasteiger partial charge in [0.2, 0.25) is 5.91 Å². The van der Waals surface area contributed by atoms with Gasteiger partial charge in [-0.2, -0.15) is 0 Å². The first-order valence-corrected chi connectivity index (χ1v) is 6.85. The Labute approximate surface area is 108 Å². The van der Waals surface area contributed by atoms with Gasteiger partial charge in [0, 0.05) is 25.0 Å². The standard InChI is InChI=1S/C15H20N2O/c1-11(2)16-9-10-17(15(18)12-7-8-12)14-6-4-3-5-13(14)16/h3-6,11-12H,7-10H2,1-2H3. The van der Waals surface area contributed by atoms with E-state index in [4.69, 9.17) is 0 Å². The summed E-state index contributed by atoms with van der Waals surface area (Å²) in [7, 11) is 0. The maximum atomic E-state index is 12.3. The molecule has 3 nitrogen and oxygen atoms in total. The first-order valence-electron chi connectivity index (χ1n) is 6.85. The minimum Gasteiger partial charge on any atom is -0.366 e. The number of carbonyl (C=O) groups is 1. The zero-order chi connectivity index (χ0) is 12.7. The number of hydrogen-bond donors (Lipinski definition) is 0. The molecule has 0 radical (unpaired) electrons. The third-order valence-corrected chi connectivity index (χ3v) is 3.86. The summed E-state index contributed by atoms with van der Waals surface area (Å²) in [4.78, 5) is 16.7. The van der Waals surface area contributed by atoms with Crippen LogP contribution in [0.5, 0.6) is 0 Å². The smallest absolute Gasteiger partial charge is 0.230 e. The number of rotatable bonds is 2. The van der Waals surface area contributed by atoms with E-state index in [-0.39, 0.29) is 0 Å². The number of benzene rings is 1. The molecule has 3 rings (SSSR count). The van der Waals surface area contributed by atoms with Gasteiger partial charge in [-0.3, -0.25) is 4.79 Å². The molecule has 0 bridgehead atoms. The van der Waals surface area contributed by atoms with Crippen molar-refractivity contribution in [3.05, 3.63) is 24.3 Å². The molecule has 3 heteroatoms. The third-order valence-electron chi connectivity index (χ3n) is 3.86. The summed E-state index contributed by atoms with van der Waals surface area (Å²) in [6.07, 6.45) is 2.15. The van der Waals surface area contributed by atoms with Gasteiger partial charge in [-0.15, -0.1) is 0 Å². The molecule has 0 N–H and O–H groups in total. The van der Waals surface area contributed by atoms with Gasteiger partial charge < -0.3 is 9.80 Å². The Morgan fingerprint density at radius 2 is 1.83 bits per heavy atom. The fraction of sp³-hybridized carbons (Fsp3) is 0.533. The van der Waals surface area contributed by atoms with Crippen molar-refractivity contribution in [2.45, 2.75) is 32.7 Å². The highest BCUT2D eigenvalue weighted by Crippen LogP contribution is 2.38. The summed E-state index contributed by atoms with van der Waals surface area (Å²) in [6, 6.07) is 8.75. The maximum Gasteiger partial charge on any atom is 0.230 e. The molecule has 1 aromatic rings. The second kappa shape index (κ2) is 4.30. The maximum absolute atomic E-state index is 12.3. The first kappa shape index (κ1) is 11.6. The molecule has 0 spiro atoms. The Kier molecular flexibility index (Phi) is 2.77. The average Bonchev–Trinajstić information content (AvgIpc) is 3.20. The molecule has 2 aliphatic rings. The number of hydrogen-bond acceptors (Lipinski definition) is 2. The quantitative estimate of drug-likeness (QED) is 0.798. The SMILES string of the molecule is CC(C)N1CCN(C(=O)C2CC2)c2ccccc21. The van der Waals surface area contributed by atoms with Crippen LogP contribution in [0.1, 0.15) is 26.7 Å². The fourth-order valence-electron chi connectivity index (χ4n) is 2.70. The van der Waals surface area contributed by atoms with Crippen LogP contribution in [-0.4, -0.2) is 25.0 Å². The van der Waals surface area contributed by atoms with Crippen LogP contribution in [0.4, 0.5) is 11.4 Å². The van der Waals surface area contributed by atoms with Gasteiger partial charge in [0.05, 0.1) is 11.4 Å². The minimum absolute atomic E-state index is 0.295. The normalized spacial score (nSPS) is 19.1. The van der Waals surface area contributed by atoms with Crippen molar-refractivity contribution < 1.29 is 4.79 Å². The topological polar surface area (TPSA) is 23.6 Å². The number of anilines is 2. The number of para-hydroxylation sites is 2. The molecule has 1 aliphatic carbocycles. The Balaban J connectivity index is 1.96. The average molecular weight is 244 g/mol. The van der Waals surface area contributed by atoms with Crippen LogP contribution in [0.2, 0.25) is 0 Å². The molecule has 1 fully saturated rings. The van der Waals surface area contributed by atoms with Crippen molar-refractivity contribution in [2.75, 3.05) is 22.9 Å². The zero-order valence-electron chi connectivity index (χ0n) is 11.1. The Morgan fingerprint density at radius 3 is 2.44 bits per heavy atom. The van der Waals surface area contributed by atoms with E-state index in [2.05, 4.69) is 36.9 Å². The minimum atomic E-state index is 0.295. The molecule has 1 amide bonds. The number of carbonyl (C=O) groups excluding carboxylic acids is 1. The Morgan fingerprint density at radius 1 is 1.17 bits per heavy atom. The highest BCUT2D eigenvalue weighted by Gasteiger charge is 2.36. The van der Waals surface area contributed by atoms with E-state index in [0.29, 0.717) is 17.9 Å². The van der Waals surface area contributed by atoms with E-state index in [1.165, 1.54) is 5.69 Å². The van der Waals surface area contributed by atoms with Crippen molar-refractivity contribution in [1.82, 2.24) is 0 Å². The van der Waals surface area contributed by atoms with E-state index in [1.807, 2.05) is 11.0 Å². The van der Waals surface area contributed by atoms with Crippen molar-refractivity contribution in [1.29, 1.82) is 0 Å². The largest absolute Gasteiger partial charge is 0.366 e. The van der Waals surface area contributed by atoms with Crippen LogP contribution in [0, 0.1) is 5.92 Å². The summed E-state index contributed by atoms with van der Waals surface area (Å²) in [5.41, 5.74) is 2.29. The van der Waals surface area contributed by atoms with E-state index >= 15 is 0 Å². The van der Waals surface area contributed by atoms with Gasteiger partial charge in [-0.25, -0.2) is 0 Å².